The molecule has 0 bridgehead atoms. The van der Waals surface area contributed by atoms with Gasteiger partial charge in [0.2, 0.25) is 15.9 Å². The quantitative estimate of drug-likeness (QED) is 0.393. The van der Waals surface area contributed by atoms with Gasteiger partial charge in [0.1, 0.15) is 11.5 Å². The van der Waals surface area contributed by atoms with E-state index in [-0.39, 0.29) is 19.1 Å². The molecule has 3 fully saturated rings. The van der Waals surface area contributed by atoms with Crippen molar-refractivity contribution in [2.45, 2.75) is 43.7 Å². The Kier molecular flexibility index (Phi) is 7.13. The fraction of sp³-hybridized carbons (Fsp3) is 0.481. The smallest absolute Gasteiger partial charge is 0.319 e. The molecule has 3 amide bonds. The number of carbonyl (C=O) groups excluding carboxylic acids is 2. The number of amides is 3. The lowest BCUT2D eigenvalue weighted by Gasteiger charge is -2.38. The summed E-state index contributed by atoms with van der Waals surface area (Å²) in [6.07, 6.45) is 5.13. The van der Waals surface area contributed by atoms with E-state index in [2.05, 4.69) is 39.6 Å². The Hall–Kier alpha value is -3.11. The molecule has 198 valence electrons. The van der Waals surface area contributed by atoms with Crippen LogP contribution >= 0.6 is 0 Å². The molecule has 2 aromatic carbocycles. The average Bonchev–Trinajstić information content (AvgIpc) is 3.81. The third-order valence-electron chi connectivity index (χ3n) is 7.35. The van der Waals surface area contributed by atoms with Gasteiger partial charge in [-0.15, -0.1) is 0 Å². The van der Waals surface area contributed by atoms with Gasteiger partial charge in [0.25, 0.3) is 0 Å². The van der Waals surface area contributed by atoms with Crippen molar-refractivity contribution < 1.29 is 22.7 Å². The van der Waals surface area contributed by atoms with Gasteiger partial charge in [0, 0.05) is 13.1 Å². The van der Waals surface area contributed by atoms with Crippen LogP contribution in [-0.4, -0.2) is 57.8 Å². The SMILES string of the molecule is COc1ccc(C2(NS(=O)(=O)CC(=O)NCC3CC3)CNC(=O)N2CCc2ccc(C3CC3)cc2)cc1. The Bertz CT molecular complexity index is 1240. The predicted molar refractivity (Wildman–Crippen MR) is 140 cm³/mol. The minimum absolute atomic E-state index is 0.0295. The van der Waals surface area contributed by atoms with E-state index >= 15 is 0 Å². The molecule has 10 heteroatoms. The molecule has 1 heterocycles. The van der Waals surface area contributed by atoms with Crippen LogP contribution in [0.1, 0.15) is 48.3 Å². The number of ether oxygens (including phenoxy) is 1. The number of sulfonamides is 1. The minimum Gasteiger partial charge on any atom is -0.497 e. The van der Waals surface area contributed by atoms with Crippen molar-refractivity contribution in [3.8, 4) is 5.75 Å². The lowest BCUT2D eigenvalue weighted by molar-refractivity contribution is -0.118. The number of nitrogens with zero attached hydrogens (tertiary/aromatic N) is 1. The summed E-state index contributed by atoms with van der Waals surface area (Å²) in [6, 6.07) is 15.0. The fourth-order valence-electron chi connectivity index (χ4n) is 4.85. The Morgan fingerprint density at radius 2 is 1.78 bits per heavy atom. The van der Waals surface area contributed by atoms with Crippen LogP contribution < -0.4 is 20.1 Å². The second kappa shape index (κ2) is 10.3. The van der Waals surface area contributed by atoms with E-state index in [1.807, 2.05) is 0 Å². The normalized spacial score (nSPS) is 21.5. The number of benzene rings is 2. The maximum absolute atomic E-state index is 13.2. The molecule has 2 saturated carbocycles. The van der Waals surface area contributed by atoms with Crippen LogP contribution in [-0.2, 0) is 26.9 Å². The van der Waals surface area contributed by atoms with Crippen molar-refractivity contribution in [3.05, 3.63) is 65.2 Å². The van der Waals surface area contributed by atoms with Crippen LogP contribution in [0, 0.1) is 5.92 Å². The van der Waals surface area contributed by atoms with Gasteiger partial charge < -0.3 is 15.4 Å². The molecule has 0 radical (unpaired) electrons. The van der Waals surface area contributed by atoms with Gasteiger partial charge in [-0.25, -0.2) is 13.2 Å². The van der Waals surface area contributed by atoms with Gasteiger partial charge in [-0.1, -0.05) is 36.4 Å². The number of nitrogens with one attached hydrogen (secondary N) is 3. The summed E-state index contributed by atoms with van der Waals surface area (Å²) in [5.41, 5.74) is 1.60. The Morgan fingerprint density at radius 1 is 1.08 bits per heavy atom. The summed E-state index contributed by atoms with van der Waals surface area (Å²) in [7, 11) is -2.54. The molecule has 3 N–H and O–H groups in total. The lowest BCUT2D eigenvalue weighted by atomic mass is 9.98. The topological polar surface area (TPSA) is 117 Å². The van der Waals surface area contributed by atoms with Gasteiger partial charge >= 0.3 is 6.03 Å². The Labute approximate surface area is 218 Å². The second-order valence-corrected chi connectivity index (χ2v) is 12.0. The maximum Gasteiger partial charge on any atom is 0.319 e. The van der Waals surface area contributed by atoms with Crippen LogP contribution in [0.2, 0.25) is 0 Å². The molecule has 5 rings (SSSR count). The highest BCUT2D eigenvalue weighted by molar-refractivity contribution is 7.90. The lowest BCUT2D eigenvalue weighted by Crippen LogP contribution is -2.58. The van der Waals surface area contributed by atoms with Crippen LogP contribution in [0.25, 0.3) is 0 Å². The first-order valence-electron chi connectivity index (χ1n) is 12.9. The van der Waals surface area contributed by atoms with Crippen molar-refractivity contribution >= 4 is 22.0 Å². The maximum atomic E-state index is 13.2. The van der Waals surface area contributed by atoms with E-state index in [4.69, 9.17) is 4.74 Å². The summed E-state index contributed by atoms with van der Waals surface area (Å²) in [4.78, 5) is 26.9. The molecular weight excluding hydrogens is 492 g/mol. The van der Waals surface area contributed by atoms with Gasteiger partial charge in [-0.05, 0) is 72.8 Å². The summed E-state index contributed by atoms with van der Waals surface area (Å²) in [5.74, 6) is 0.458. The van der Waals surface area contributed by atoms with E-state index in [0.717, 1.165) is 18.4 Å². The Morgan fingerprint density at radius 3 is 2.41 bits per heavy atom. The monoisotopic (exact) mass is 526 g/mol. The molecule has 37 heavy (non-hydrogen) atoms. The molecule has 9 nitrogen and oxygen atoms in total. The van der Waals surface area contributed by atoms with Gasteiger partial charge in [0.05, 0.1) is 13.7 Å². The number of carbonyl (C=O) groups is 2. The minimum atomic E-state index is -4.09. The zero-order valence-electron chi connectivity index (χ0n) is 21.0. The predicted octanol–water partition coefficient (Wildman–Crippen LogP) is 2.44. The Balaban J connectivity index is 1.37. The summed E-state index contributed by atoms with van der Waals surface area (Å²) >= 11 is 0. The summed E-state index contributed by atoms with van der Waals surface area (Å²) in [5, 5.41) is 5.51. The van der Waals surface area contributed by atoms with Crippen molar-refractivity contribution in [2.75, 3.05) is 32.5 Å². The molecule has 2 aliphatic carbocycles. The van der Waals surface area contributed by atoms with Crippen molar-refractivity contribution in [3.63, 3.8) is 0 Å². The summed E-state index contributed by atoms with van der Waals surface area (Å²) in [6.45, 7) is 0.808. The van der Waals surface area contributed by atoms with Crippen LogP contribution in [0.15, 0.2) is 48.5 Å². The third kappa shape index (κ3) is 6.07. The second-order valence-electron chi connectivity index (χ2n) is 10.3. The van der Waals surface area contributed by atoms with E-state index < -0.39 is 27.3 Å². The molecule has 1 saturated heterocycles. The van der Waals surface area contributed by atoms with Crippen molar-refractivity contribution in [1.82, 2.24) is 20.3 Å². The number of hydrogen-bond donors (Lipinski definition) is 3. The highest BCUT2D eigenvalue weighted by Gasteiger charge is 2.49. The van der Waals surface area contributed by atoms with Crippen LogP contribution in [0.5, 0.6) is 5.75 Å². The summed E-state index contributed by atoms with van der Waals surface area (Å²) < 4.78 is 34.4. The third-order valence-corrected chi connectivity index (χ3v) is 8.64. The first-order valence-corrected chi connectivity index (χ1v) is 14.5. The zero-order valence-corrected chi connectivity index (χ0v) is 21.9. The molecule has 1 aliphatic heterocycles. The standard InChI is InChI=1S/C27H34N4O5S/c1-36-24-12-10-23(11-13-24)27(30-37(34,35)17-25(32)28-16-20-2-3-20)18-29-26(33)31(27)15-14-19-4-6-21(7-5-19)22-8-9-22/h4-7,10-13,20,22,30H,2-3,8-9,14-18H2,1H3,(H,28,32)(H,29,33). The van der Waals surface area contributed by atoms with Gasteiger partial charge in [-0.2, -0.15) is 4.72 Å². The molecular formula is C27H34N4O5S. The molecule has 2 aromatic rings. The van der Waals surface area contributed by atoms with Gasteiger partial charge in [-0.3, -0.25) is 9.69 Å². The zero-order chi connectivity index (χ0) is 26.0. The highest BCUT2D eigenvalue weighted by Crippen LogP contribution is 2.40. The molecule has 0 aromatic heterocycles. The fourth-order valence-corrected chi connectivity index (χ4v) is 6.18. The van der Waals surface area contributed by atoms with E-state index in [9.17, 15) is 18.0 Å². The first kappa shape index (κ1) is 25.5. The highest BCUT2D eigenvalue weighted by atomic mass is 32.2. The van der Waals surface area contributed by atoms with Crippen molar-refractivity contribution in [2.24, 2.45) is 5.92 Å². The number of methoxy groups -OCH3 is 1. The number of urea groups is 1. The van der Waals surface area contributed by atoms with E-state index in [1.54, 1.807) is 31.4 Å². The number of rotatable bonds is 12. The molecule has 1 unspecified atom stereocenters. The average molecular weight is 527 g/mol. The molecule has 0 spiro atoms. The van der Waals surface area contributed by atoms with Crippen LogP contribution in [0.3, 0.4) is 0 Å². The van der Waals surface area contributed by atoms with Gasteiger partial charge in [0.15, 0.2) is 5.66 Å². The molecule has 3 aliphatic rings. The van der Waals surface area contributed by atoms with Crippen molar-refractivity contribution in [1.29, 1.82) is 0 Å². The van der Waals surface area contributed by atoms with Crippen LogP contribution in [0.4, 0.5) is 4.79 Å². The van der Waals surface area contributed by atoms with E-state index in [0.29, 0.717) is 36.1 Å². The van der Waals surface area contributed by atoms with E-state index in [1.165, 1.54) is 23.3 Å². The molecule has 1 atom stereocenters. The largest absolute Gasteiger partial charge is 0.497 e. The first-order chi connectivity index (χ1) is 17.8. The number of hydrogen-bond acceptors (Lipinski definition) is 5.